The monoisotopic (exact) mass is 203 g/mol. The van der Waals surface area contributed by atoms with Gasteiger partial charge in [-0.1, -0.05) is 12.2 Å². The van der Waals surface area contributed by atoms with Gasteiger partial charge in [0.1, 0.15) is 0 Å². The molecule has 0 aliphatic carbocycles. The normalized spacial score (nSPS) is 20.4. The molecule has 0 unspecified atom stereocenters. The number of hydrogen-bond donors (Lipinski definition) is 1. The van der Waals surface area contributed by atoms with Gasteiger partial charge in [0, 0.05) is 24.6 Å². The van der Waals surface area contributed by atoms with Crippen LogP contribution >= 0.6 is 24.4 Å². The van der Waals surface area contributed by atoms with Crippen molar-refractivity contribution < 1.29 is 0 Å². The number of rotatable bonds is 3. The predicted molar refractivity (Wildman–Crippen MR) is 61.4 cm³/mol. The van der Waals surface area contributed by atoms with Gasteiger partial charge >= 0.3 is 0 Å². The van der Waals surface area contributed by atoms with E-state index < -0.39 is 0 Å². The molecule has 0 N–H and O–H groups in total. The summed E-state index contributed by atoms with van der Waals surface area (Å²) in [6, 6.07) is 0. The third kappa shape index (κ3) is 3.87. The van der Waals surface area contributed by atoms with Gasteiger partial charge in [0.15, 0.2) is 0 Å². The van der Waals surface area contributed by atoms with E-state index in [1.165, 1.54) is 36.6 Å². The van der Waals surface area contributed by atoms with Crippen LogP contribution in [0.1, 0.15) is 6.42 Å². The molecule has 0 saturated carbocycles. The second-order valence-electron chi connectivity index (χ2n) is 3.15. The highest BCUT2D eigenvalue weighted by Gasteiger charge is 2.08. The quantitative estimate of drug-likeness (QED) is 0.551. The van der Waals surface area contributed by atoms with E-state index in [4.69, 9.17) is 0 Å². The van der Waals surface area contributed by atoms with Crippen LogP contribution in [-0.4, -0.2) is 41.8 Å². The van der Waals surface area contributed by atoms with E-state index in [1.807, 2.05) is 0 Å². The topological polar surface area (TPSA) is 3.24 Å². The van der Waals surface area contributed by atoms with Gasteiger partial charge < -0.3 is 0 Å². The molecule has 0 atom stereocenters. The maximum atomic E-state index is 4.21. The molecule has 0 amide bonds. The van der Waals surface area contributed by atoms with E-state index in [9.17, 15) is 0 Å². The lowest BCUT2D eigenvalue weighted by molar-refractivity contribution is 0.321. The minimum Gasteiger partial charge on any atom is -0.299 e. The van der Waals surface area contributed by atoms with Crippen molar-refractivity contribution in [3.63, 3.8) is 0 Å². The zero-order valence-corrected chi connectivity index (χ0v) is 9.17. The van der Waals surface area contributed by atoms with E-state index in [2.05, 4.69) is 35.9 Å². The Morgan fingerprint density at radius 1 is 1.42 bits per heavy atom. The van der Waals surface area contributed by atoms with Crippen molar-refractivity contribution in [1.82, 2.24) is 4.90 Å². The van der Waals surface area contributed by atoms with E-state index in [0.29, 0.717) is 0 Å². The number of nitrogens with zero attached hydrogens (tertiary/aromatic N) is 1. The van der Waals surface area contributed by atoms with Crippen molar-refractivity contribution in [1.29, 1.82) is 0 Å². The van der Waals surface area contributed by atoms with Gasteiger partial charge in [-0.2, -0.15) is 24.4 Å². The summed E-state index contributed by atoms with van der Waals surface area (Å²) in [6.45, 7) is 7.47. The summed E-state index contributed by atoms with van der Waals surface area (Å²) < 4.78 is 0. The zero-order chi connectivity index (χ0) is 8.81. The van der Waals surface area contributed by atoms with Gasteiger partial charge in [-0.15, -0.1) is 0 Å². The Kier molecular flexibility index (Phi) is 5.19. The molecule has 1 fully saturated rings. The fourth-order valence-corrected chi connectivity index (χ4v) is 2.35. The molecule has 1 nitrogen and oxygen atoms in total. The highest BCUT2D eigenvalue weighted by Crippen LogP contribution is 2.11. The fraction of sp³-hybridized carbons (Fsp3) is 0.778. The Bertz CT molecular complexity index is 139. The van der Waals surface area contributed by atoms with Gasteiger partial charge in [0.05, 0.1) is 0 Å². The lowest BCUT2D eigenvalue weighted by Gasteiger charge is -2.19. The molecule has 1 aliphatic rings. The van der Waals surface area contributed by atoms with Crippen LogP contribution in [0.15, 0.2) is 12.2 Å². The number of thiol groups is 1. The average Bonchev–Trinajstić information content (AvgIpc) is 2.33. The second-order valence-corrected chi connectivity index (χ2v) is 4.69. The third-order valence-corrected chi connectivity index (χ3v) is 3.48. The Morgan fingerprint density at radius 2 is 2.25 bits per heavy atom. The van der Waals surface area contributed by atoms with Crippen molar-refractivity contribution in [2.24, 2.45) is 0 Å². The molecule has 1 aliphatic heterocycles. The molecule has 12 heavy (non-hydrogen) atoms. The molecule has 1 heterocycles. The molecule has 1 rings (SSSR count). The molecule has 0 aromatic rings. The van der Waals surface area contributed by atoms with E-state index in [1.54, 1.807) is 0 Å². The molecule has 3 heteroatoms. The van der Waals surface area contributed by atoms with Crippen molar-refractivity contribution in [3.8, 4) is 0 Å². The summed E-state index contributed by atoms with van der Waals surface area (Å²) >= 11 is 6.27. The van der Waals surface area contributed by atoms with Crippen molar-refractivity contribution in [3.05, 3.63) is 12.2 Å². The maximum Gasteiger partial charge on any atom is 0.0198 e. The average molecular weight is 203 g/mol. The first-order valence-electron chi connectivity index (χ1n) is 4.40. The van der Waals surface area contributed by atoms with E-state index in [-0.39, 0.29) is 0 Å². The summed E-state index contributed by atoms with van der Waals surface area (Å²) in [4.78, 5) is 2.48. The fourth-order valence-electron chi connectivity index (χ4n) is 1.32. The van der Waals surface area contributed by atoms with Crippen LogP contribution in [0.3, 0.4) is 0 Å². The van der Waals surface area contributed by atoms with E-state index >= 15 is 0 Å². The SMILES string of the molecule is C=C(CS)CN1CCCSCC1. The van der Waals surface area contributed by atoms with Crippen molar-refractivity contribution in [2.75, 3.05) is 36.9 Å². The van der Waals surface area contributed by atoms with Crippen molar-refractivity contribution in [2.45, 2.75) is 6.42 Å². The Balaban J connectivity index is 2.24. The first kappa shape index (κ1) is 10.5. The largest absolute Gasteiger partial charge is 0.299 e. The Labute approximate surface area is 85.0 Å². The van der Waals surface area contributed by atoms with Gasteiger partial charge in [-0.05, 0) is 18.7 Å². The lowest BCUT2D eigenvalue weighted by Crippen LogP contribution is -2.28. The molecular formula is C9H17NS2. The molecule has 0 bridgehead atoms. The molecule has 70 valence electrons. The molecule has 0 aromatic heterocycles. The van der Waals surface area contributed by atoms with Crippen LogP contribution in [0, 0.1) is 0 Å². The van der Waals surface area contributed by atoms with Crippen molar-refractivity contribution >= 4 is 24.4 Å². The summed E-state index contributed by atoms with van der Waals surface area (Å²) in [7, 11) is 0. The molecular weight excluding hydrogens is 186 g/mol. The zero-order valence-electron chi connectivity index (χ0n) is 7.46. The second kappa shape index (κ2) is 5.95. The van der Waals surface area contributed by atoms with Crippen LogP contribution < -0.4 is 0 Å². The van der Waals surface area contributed by atoms with Gasteiger partial charge in [-0.3, -0.25) is 4.90 Å². The Morgan fingerprint density at radius 3 is 3.00 bits per heavy atom. The molecule has 0 radical (unpaired) electrons. The first-order chi connectivity index (χ1) is 5.83. The van der Waals surface area contributed by atoms with Gasteiger partial charge in [0.2, 0.25) is 0 Å². The first-order valence-corrected chi connectivity index (χ1v) is 6.19. The minimum absolute atomic E-state index is 0.823. The van der Waals surface area contributed by atoms with Crippen LogP contribution in [0.2, 0.25) is 0 Å². The molecule has 1 saturated heterocycles. The highest BCUT2D eigenvalue weighted by atomic mass is 32.2. The lowest BCUT2D eigenvalue weighted by atomic mass is 10.3. The van der Waals surface area contributed by atoms with Crippen LogP contribution in [0.5, 0.6) is 0 Å². The summed E-state index contributed by atoms with van der Waals surface area (Å²) in [6.07, 6.45) is 1.32. The standard InChI is InChI=1S/C9H17NS2/c1-9(8-11)7-10-3-2-5-12-6-4-10/h11H,1-8H2. The predicted octanol–water partition coefficient (Wildman–Crippen LogP) is 1.91. The summed E-state index contributed by atoms with van der Waals surface area (Å²) in [5.41, 5.74) is 1.24. The molecule has 0 aromatic carbocycles. The van der Waals surface area contributed by atoms with Crippen LogP contribution in [0.25, 0.3) is 0 Å². The number of hydrogen-bond acceptors (Lipinski definition) is 3. The van der Waals surface area contributed by atoms with Gasteiger partial charge in [-0.25, -0.2) is 0 Å². The molecule has 0 spiro atoms. The smallest absolute Gasteiger partial charge is 0.0198 e. The highest BCUT2D eigenvalue weighted by molar-refractivity contribution is 7.99. The Hall–Kier alpha value is 0.400. The third-order valence-electron chi connectivity index (χ3n) is 1.99. The van der Waals surface area contributed by atoms with Crippen LogP contribution in [-0.2, 0) is 0 Å². The summed E-state index contributed by atoms with van der Waals surface area (Å²) in [5, 5.41) is 0. The number of thioether (sulfide) groups is 1. The summed E-state index contributed by atoms with van der Waals surface area (Å²) in [5.74, 6) is 3.42. The van der Waals surface area contributed by atoms with E-state index in [0.717, 1.165) is 12.3 Å². The minimum atomic E-state index is 0.823. The van der Waals surface area contributed by atoms with Gasteiger partial charge in [0.25, 0.3) is 0 Å². The van der Waals surface area contributed by atoms with Crippen LogP contribution in [0.4, 0.5) is 0 Å². The maximum absolute atomic E-state index is 4.21.